The van der Waals surface area contributed by atoms with Gasteiger partial charge in [0.2, 0.25) is 0 Å². The van der Waals surface area contributed by atoms with Crippen molar-refractivity contribution < 1.29 is 22.7 Å². The maximum atomic E-state index is 13.0. The Balaban J connectivity index is 1.93. The van der Waals surface area contributed by atoms with Gasteiger partial charge >= 0.3 is 12.1 Å². The molecule has 134 valence electrons. The third kappa shape index (κ3) is 3.30. The van der Waals surface area contributed by atoms with Crippen molar-refractivity contribution in [3.8, 4) is 0 Å². The predicted molar refractivity (Wildman–Crippen MR) is 87.5 cm³/mol. The second-order valence-electron chi connectivity index (χ2n) is 5.55. The smallest absolute Gasteiger partial charge is 0.416 e. The van der Waals surface area contributed by atoms with Gasteiger partial charge in [-0.1, -0.05) is 36.4 Å². The minimum Gasteiger partial charge on any atom is -0.456 e. The van der Waals surface area contributed by atoms with Gasteiger partial charge in [0, 0.05) is 18.0 Å². The van der Waals surface area contributed by atoms with Gasteiger partial charge in [0.25, 0.3) is 5.56 Å². The normalized spacial score (nSPS) is 11.5. The Kier molecular flexibility index (Phi) is 4.50. The fraction of sp³-hybridized carbons (Fsp3) is 0.167. The van der Waals surface area contributed by atoms with Crippen molar-refractivity contribution in [3.05, 3.63) is 75.7 Å². The number of rotatable bonds is 3. The lowest BCUT2D eigenvalue weighted by atomic mass is 10.1. The molecule has 5 nitrogen and oxygen atoms in total. The Morgan fingerprint density at radius 1 is 1.08 bits per heavy atom. The highest BCUT2D eigenvalue weighted by Crippen LogP contribution is 2.32. The van der Waals surface area contributed by atoms with E-state index in [1.165, 1.54) is 37.4 Å². The van der Waals surface area contributed by atoms with E-state index in [4.69, 9.17) is 4.74 Å². The third-order valence-corrected chi connectivity index (χ3v) is 3.83. The van der Waals surface area contributed by atoms with E-state index in [-0.39, 0.29) is 27.6 Å². The average Bonchev–Trinajstić information content (AvgIpc) is 2.62. The van der Waals surface area contributed by atoms with Crippen LogP contribution in [0.1, 0.15) is 21.6 Å². The molecule has 0 aliphatic rings. The van der Waals surface area contributed by atoms with Crippen LogP contribution >= 0.6 is 0 Å². The second-order valence-corrected chi connectivity index (χ2v) is 5.55. The molecule has 2 aromatic carbocycles. The standard InChI is InChI=1S/C18H13F3N2O3/c1-23-16(24)13-8-4-3-7-12(13)15(22-23)17(25)26-10-11-6-2-5-9-14(11)18(19,20)21/h2-9H,10H2,1H3. The number of benzene rings is 2. The number of halogens is 3. The quantitative estimate of drug-likeness (QED) is 0.671. The summed E-state index contributed by atoms with van der Waals surface area (Å²) >= 11 is 0. The van der Waals surface area contributed by atoms with E-state index in [2.05, 4.69) is 5.10 Å². The first-order chi connectivity index (χ1) is 12.3. The number of hydrogen-bond donors (Lipinski definition) is 0. The molecule has 3 rings (SSSR count). The molecule has 26 heavy (non-hydrogen) atoms. The van der Waals surface area contributed by atoms with Gasteiger partial charge in [0.05, 0.1) is 10.9 Å². The Morgan fingerprint density at radius 3 is 2.38 bits per heavy atom. The second kappa shape index (κ2) is 6.62. The van der Waals surface area contributed by atoms with Gasteiger partial charge in [-0.15, -0.1) is 0 Å². The monoisotopic (exact) mass is 362 g/mol. The number of hydrogen-bond acceptors (Lipinski definition) is 4. The zero-order valence-electron chi connectivity index (χ0n) is 13.6. The van der Waals surface area contributed by atoms with E-state index >= 15 is 0 Å². The molecule has 0 aliphatic carbocycles. The van der Waals surface area contributed by atoms with Gasteiger partial charge in [0.15, 0.2) is 5.69 Å². The minimum atomic E-state index is -4.55. The third-order valence-electron chi connectivity index (χ3n) is 3.83. The summed E-state index contributed by atoms with van der Waals surface area (Å²) in [4.78, 5) is 24.4. The lowest BCUT2D eigenvalue weighted by Gasteiger charge is -2.13. The Hall–Kier alpha value is -3.16. The molecular weight excluding hydrogens is 349 g/mol. The number of alkyl halides is 3. The zero-order valence-corrected chi connectivity index (χ0v) is 13.6. The van der Waals surface area contributed by atoms with Crippen LogP contribution in [0.3, 0.4) is 0 Å². The summed E-state index contributed by atoms with van der Waals surface area (Å²) in [7, 11) is 1.38. The molecule has 0 amide bonds. The molecule has 0 unspecified atom stereocenters. The van der Waals surface area contributed by atoms with Crippen LogP contribution in [0.25, 0.3) is 10.8 Å². The van der Waals surface area contributed by atoms with Crippen LogP contribution < -0.4 is 5.56 Å². The topological polar surface area (TPSA) is 61.2 Å². The molecule has 0 saturated heterocycles. The van der Waals surface area contributed by atoms with E-state index in [9.17, 15) is 22.8 Å². The van der Waals surface area contributed by atoms with E-state index in [1.807, 2.05) is 0 Å². The maximum absolute atomic E-state index is 13.0. The molecule has 0 radical (unpaired) electrons. The minimum absolute atomic E-state index is 0.132. The fourth-order valence-electron chi connectivity index (χ4n) is 2.58. The predicted octanol–water partition coefficient (Wildman–Crippen LogP) is 3.31. The molecule has 0 spiro atoms. The summed E-state index contributed by atoms with van der Waals surface area (Å²) in [6.45, 7) is -0.562. The fourth-order valence-corrected chi connectivity index (χ4v) is 2.58. The van der Waals surface area contributed by atoms with Crippen molar-refractivity contribution in [2.45, 2.75) is 12.8 Å². The lowest BCUT2D eigenvalue weighted by Crippen LogP contribution is -2.24. The van der Waals surface area contributed by atoms with Crippen molar-refractivity contribution in [1.29, 1.82) is 0 Å². The van der Waals surface area contributed by atoms with E-state index in [0.717, 1.165) is 10.7 Å². The molecule has 0 N–H and O–H groups in total. The van der Waals surface area contributed by atoms with Crippen molar-refractivity contribution in [2.75, 3.05) is 0 Å². The molecule has 0 saturated carbocycles. The summed E-state index contributed by atoms with van der Waals surface area (Å²) in [5.74, 6) is -0.909. The van der Waals surface area contributed by atoms with Crippen LogP contribution in [-0.2, 0) is 24.6 Å². The van der Waals surface area contributed by atoms with Gasteiger partial charge in [-0.05, 0) is 12.1 Å². The molecule has 1 heterocycles. The van der Waals surface area contributed by atoms with Crippen LogP contribution in [-0.4, -0.2) is 15.7 Å². The van der Waals surface area contributed by atoms with Gasteiger partial charge in [0.1, 0.15) is 6.61 Å². The number of aryl methyl sites for hydroxylation is 1. The largest absolute Gasteiger partial charge is 0.456 e. The number of esters is 1. The number of ether oxygens (including phenoxy) is 1. The van der Waals surface area contributed by atoms with Crippen LogP contribution in [0.2, 0.25) is 0 Å². The number of carbonyl (C=O) groups excluding carboxylic acids is 1. The highest BCUT2D eigenvalue weighted by Gasteiger charge is 2.33. The number of carbonyl (C=O) groups is 1. The Morgan fingerprint density at radius 2 is 1.69 bits per heavy atom. The van der Waals surface area contributed by atoms with Crippen molar-refractivity contribution in [3.63, 3.8) is 0 Å². The number of aromatic nitrogens is 2. The van der Waals surface area contributed by atoms with Crippen LogP contribution in [0.4, 0.5) is 13.2 Å². The van der Waals surface area contributed by atoms with E-state index in [0.29, 0.717) is 0 Å². The van der Waals surface area contributed by atoms with Crippen molar-refractivity contribution in [2.24, 2.45) is 7.05 Å². The van der Waals surface area contributed by atoms with Gasteiger partial charge in [-0.25, -0.2) is 9.48 Å². The summed E-state index contributed by atoms with van der Waals surface area (Å²) < 4.78 is 45.1. The maximum Gasteiger partial charge on any atom is 0.416 e. The molecule has 0 aliphatic heterocycles. The summed E-state index contributed by atoms with van der Waals surface area (Å²) in [6, 6.07) is 11.2. The SMILES string of the molecule is Cn1nc(C(=O)OCc2ccccc2C(F)(F)F)c2ccccc2c1=O. The molecule has 1 aromatic heterocycles. The first-order valence-corrected chi connectivity index (χ1v) is 7.57. The summed E-state index contributed by atoms with van der Waals surface area (Å²) in [6.07, 6.45) is -4.55. The first kappa shape index (κ1) is 17.7. The Bertz CT molecular complexity index is 1040. The number of nitrogens with zero attached hydrogens (tertiary/aromatic N) is 2. The van der Waals surface area contributed by atoms with Crippen LogP contribution in [0.15, 0.2) is 53.3 Å². The summed E-state index contributed by atoms with van der Waals surface area (Å²) in [5, 5.41) is 4.44. The highest BCUT2D eigenvalue weighted by molar-refractivity contribution is 6.02. The average molecular weight is 362 g/mol. The van der Waals surface area contributed by atoms with E-state index in [1.54, 1.807) is 12.1 Å². The molecule has 0 bridgehead atoms. The molecule has 8 heteroatoms. The molecule has 0 fully saturated rings. The zero-order chi connectivity index (χ0) is 18.9. The summed E-state index contributed by atoms with van der Waals surface area (Å²) in [5.41, 5.74) is -1.56. The van der Waals surface area contributed by atoms with Crippen molar-refractivity contribution >= 4 is 16.7 Å². The van der Waals surface area contributed by atoms with Gasteiger partial charge < -0.3 is 4.74 Å². The lowest BCUT2D eigenvalue weighted by molar-refractivity contribution is -0.138. The van der Waals surface area contributed by atoms with Gasteiger partial charge in [-0.2, -0.15) is 18.3 Å². The molecular formula is C18H13F3N2O3. The van der Waals surface area contributed by atoms with Crippen LogP contribution in [0, 0.1) is 0 Å². The van der Waals surface area contributed by atoms with Crippen molar-refractivity contribution in [1.82, 2.24) is 9.78 Å². The first-order valence-electron chi connectivity index (χ1n) is 7.57. The highest BCUT2D eigenvalue weighted by atomic mass is 19.4. The molecule has 3 aromatic rings. The molecule has 0 atom stereocenters. The number of fused-ring (bicyclic) bond motifs is 1. The van der Waals surface area contributed by atoms with Crippen LogP contribution in [0.5, 0.6) is 0 Å². The van der Waals surface area contributed by atoms with E-state index < -0.39 is 24.3 Å². The Labute approximate surface area is 145 Å². The van der Waals surface area contributed by atoms with Gasteiger partial charge in [-0.3, -0.25) is 4.79 Å².